The van der Waals surface area contributed by atoms with Crippen LogP contribution < -0.4 is 4.57 Å². The van der Waals surface area contributed by atoms with E-state index in [0.717, 1.165) is 30.1 Å². The fraction of sp³-hybridized carbons (Fsp3) is 0.321. The van der Waals surface area contributed by atoms with Crippen molar-refractivity contribution in [3.63, 3.8) is 0 Å². The number of hydrogen-bond acceptors (Lipinski definition) is 2. The van der Waals surface area contributed by atoms with Gasteiger partial charge in [0.1, 0.15) is 17.3 Å². The Morgan fingerprint density at radius 1 is 0.935 bits per heavy atom. The van der Waals surface area contributed by atoms with Crippen molar-refractivity contribution in [3.8, 4) is 11.3 Å². The van der Waals surface area contributed by atoms with Crippen LogP contribution in [0.2, 0.25) is 0 Å². The molecular weight excluding hydrogens is 382 g/mol. The van der Waals surface area contributed by atoms with Crippen molar-refractivity contribution in [1.82, 2.24) is 0 Å². The molecule has 3 atom stereocenters. The molecule has 1 aromatic heterocycles. The van der Waals surface area contributed by atoms with Gasteiger partial charge in [-0.2, -0.15) is 4.57 Å². The highest BCUT2D eigenvalue weighted by molar-refractivity contribution is 5.94. The molecular formula is C28H28NO2+. The van der Waals surface area contributed by atoms with E-state index in [1.807, 2.05) is 6.92 Å². The zero-order valence-corrected chi connectivity index (χ0v) is 18.6. The van der Waals surface area contributed by atoms with E-state index < -0.39 is 0 Å². The van der Waals surface area contributed by atoms with Gasteiger partial charge >= 0.3 is 0 Å². The van der Waals surface area contributed by atoms with Crippen molar-refractivity contribution in [3.05, 3.63) is 89.7 Å². The summed E-state index contributed by atoms with van der Waals surface area (Å²) in [5.41, 5.74) is 3.35. The van der Waals surface area contributed by atoms with E-state index in [4.69, 9.17) is 9.47 Å². The molecule has 3 unspecified atom stereocenters. The van der Waals surface area contributed by atoms with E-state index in [-0.39, 0.29) is 17.1 Å². The standard InChI is InChI=1S/C28H28NO2/c1-5-27-23-14-10-9-13-22(23)24-21-12-8-7-11-20(21)15-16-29(24)28(27,6-2)26-25(27)30-18(3)17-19(4)31-26/h7-18H,5-6H2,1-4H3/q+1. The Labute approximate surface area is 183 Å². The van der Waals surface area contributed by atoms with Crippen LogP contribution >= 0.6 is 0 Å². The molecule has 31 heavy (non-hydrogen) atoms. The predicted octanol–water partition coefficient (Wildman–Crippen LogP) is 6.13. The first-order valence-corrected chi connectivity index (χ1v) is 11.4. The van der Waals surface area contributed by atoms with Gasteiger partial charge in [-0.25, -0.2) is 0 Å². The quantitative estimate of drug-likeness (QED) is 0.475. The number of hydrogen-bond donors (Lipinski definition) is 0. The van der Waals surface area contributed by atoms with E-state index in [9.17, 15) is 0 Å². The molecule has 3 aromatic rings. The number of pyridine rings is 1. The van der Waals surface area contributed by atoms with Crippen LogP contribution in [0.1, 0.15) is 46.1 Å². The summed E-state index contributed by atoms with van der Waals surface area (Å²) in [5.74, 6) is 2.90. The maximum absolute atomic E-state index is 6.60. The number of rotatable bonds is 2. The summed E-state index contributed by atoms with van der Waals surface area (Å²) >= 11 is 0. The highest BCUT2D eigenvalue weighted by Crippen LogP contribution is 2.66. The van der Waals surface area contributed by atoms with Crippen molar-refractivity contribution >= 4 is 10.8 Å². The highest BCUT2D eigenvalue weighted by atomic mass is 16.5. The number of nitrogens with zero attached hydrogens (tertiary/aromatic N) is 1. The third kappa shape index (κ3) is 2.02. The Balaban J connectivity index is 1.79. The Morgan fingerprint density at radius 2 is 1.71 bits per heavy atom. The SMILES string of the molecule is CCC12C3=C(OC(C)=CC(C)O3)C1(CC)[n+]1ccc3ccccc3c1-c1ccccc12. The molecule has 0 radical (unpaired) electrons. The van der Waals surface area contributed by atoms with Gasteiger partial charge in [0, 0.05) is 12.5 Å². The second-order valence-electron chi connectivity index (χ2n) is 9.00. The van der Waals surface area contributed by atoms with Gasteiger partial charge in [0.2, 0.25) is 17.0 Å². The highest BCUT2D eigenvalue weighted by Gasteiger charge is 2.77. The summed E-state index contributed by atoms with van der Waals surface area (Å²) in [4.78, 5) is 0. The Hall–Kier alpha value is -3.07. The topological polar surface area (TPSA) is 22.3 Å². The average molecular weight is 411 g/mol. The Bertz CT molecular complexity index is 1300. The van der Waals surface area contributed by atoms with Crippen molar-refractivity contribution in [2.45, 2.75) is 57.6 Å². The Morgan fingerprint density at radius 3 is 2.52 bits per heavy atom. The molecule has 156 valence electrons. The van der Waals surface area contributed by atoms with Gasteiger partial charge in [0.25, 0.3) is 0 Å². The van der Waals surface area contributed by atoms with Crippen LogP contribution in [0.25, 0.3) is 22.0 Å². The van der Waals surface area contributed by atoms with Gasteiger partial charge < -0.3 is 9.47 Å². The molecule has 1 aliphatic carbocycles. The number of aromatic nitrogens is 1. The molecule has 0 saturated heterocycles. The number of allylic oxidation sites excluding steroid dienone is 3. The van der Waals surface area contributed by atoms with Gasteiger partial charge in [-0.3, -0.25) is 0 Å². The van der Waals surface area contributed by atoms with Gasteiger partial charge in [0.05, 0.1) is 10.9 Å². The van der Waals surface area contributed by atoms with Gasteiger partial charge in [-0.15, -0.1) is 0 Å². The minimum Gasteiger partial charge on any atom is -0.486 e. The maximum atomic E-state index is 6.60. The fourth-order valence-corrected chi connectivity index (χ4v) is 6.54. The number of fused-ring (bicyclic) bond motifs is 10. The first kappa shape index (κ1) is 18.7. The smallest absolute Gasteiger partial charge is 0.245 e. The minimum absolute atomic E-state index is 0.0130. The van der Waals surface area contributed by atoms with Crippen LogP contribution in [0.15, 0.2) is 84.1 Å². The summed E-state index contributed by atoms with van der Waals surface area (Å²) in [6, 6.07) is 19.8. The number of benzene rings is 2. The summed E-state index contributed by atoms with van der Waals surface area (Å²) in [5, 5.41) is 2.54. The zero-order valence-electron chi connectivity index (χ0n) is 18.6. The summed E-state index contributed by atoms with van der Waals surface area (Å²) in [6.07, 6.45) is 6.21. The lowest BCUT2D eigenvalue weighted by molar-refractivity contribution is -0.767. The van der Waals surface area contributed by atoms with Gasteiger partial charge in [-0.1, -0.05) is 50.2 Å². The predicted molar refractivity (Wildman–Crippen MR) is 122 cm³/mol. The van der Waals surface area contributed by atoms with Gasteiger partial charge in [-0.05, 0) is 49.4 Å². The van der Waals surface area contributed by atoms with Crippen molar-refractivity contribution in [2.24, 2.45) is 0 Å². The summed E-state index contributed by atoms with van der Waals surface area (Å²) in [7, 11) is 0. The fourth-order valence-electron chi connectivity index (χ4n) is 6.54. The van der Waals surface area contributed by atoms with Gasteiger partial charge in [0.15, 0.2) is 12.0 Å². The van der Waals surface area contributed by atoms with E-state index >= 15 is 0 Å². The molecule has 2 aliphatic heterocycles. The third-order valence-electron chi connectivity index (χ3n) is 7.67. The molecule has 0 saturated carbocycles. The molecule has 3 nitrogen and oxygen atoms in total. The first-order chi connectivity index (χ1) is 15.1. The van der Waals surface area contributed by atoms with Crippen molar-refractivity contribution in [2.75, 3.05) is 0 Å². The lowest BCUT2D eigenvalue weighted by Crippen LogP contribution is -2.77. The molecule has 6 rings (SSSR count). The second-order valence-corrected chi connectivity index (χ2v) is 9.00. The van der Waals surface area contributed by atoms with Crippen LogP contribution in [0, 0.1) is 0 Å². The van der Waals surface area contributed by atoms with Crippen LogP contribution in [0.4, 0.5) is 0 Å². The van der Waals surface area contributed by atoms with Crippen LogP contribution in [0.3, 0.4) is 0 Å². The first-order valence-electron chi connectivity index (χ1n) is 11.4. The molecule has 0 fully saturated rings. The third-order valence-corrected chi connectivity index (χ3v) is 7.67. The molecule has 3 aliphatic rings. The summed E-state index contributed by atoms with van der Waals surface area (Å²) < 4.78 is 15.6. The van der Waals surface area contributed by atoms with Crippen LogP contribution in [0.5, 0.6) is 0 Å². The van der Waals surface area contributed by atoms with Crippen molar-refractivity contribution in [1.29, 1.82) is 0 Å². The molecule has 0 spiro atoms. The minimum atomic E-state index is -0.316. The van der Waals surface area contributed by atoms with Crippen molar-refractivity contribution < 1.29 is 14.0 Å². The summed E-state index contributed by atoms with van der Waals surface area (Å²) in [6.45, 7) is 8.71. The van der Waals surface area contributed by atoms with E-state index in [0.29, 0.717) is 0 Å². The molecule has 2 aromatic carbocycles. The van der Waals surface area contributed by atoms with Crippen LogP contribution in [-0.2, 0) is 20.4 Å². The average Bonchev–Trinajstić information content (AvgIpc) is 2.92. The number of ether oxygens (including phenoxy) is 2. The van der Waals surface area contributed by atoms with E-state index in [2.05, 4.69) is 92.2 Å². The molecule has 0 amide bonds. The zero-order chi connectivity index (χ0) is 21.4. The maximum Gasteiger partial charge on any atom is 0.245 e. The molecule has 0 N–H and O–H groups in total. The lowest BCUT2D eigenvalue weighted by Gasteiger charge is -2.56. The molecule has 3 heterocycles. The largest absolute Gasteiger partial charge is 0.486 e. The second kappa shape index (κ2) is 6.23. The van der Waals surface area contributed by atoms with Crippen LogP contribution in [-0.4, -0.2) is 6.10 Å². The molecule has 0 bridgehead atoms. The Kier molecular flexibility index (Phi) is 3.75. The monoisotopic (exact) mass is 410 g/mol. The normalized spacial score (nSPS) is 28.1. The van der Waals surface area contributed by atoms with E-state index in [1.165, 1.54) is 27.6 Å². The van der Waals surface area contributed by atoms with E-state index in [1.54, 1.807) is 0 Å². The lowest BCUT2D eigenvalue weighted by atomic mass is 9.49. The molecule has 3 heteroatoms.